The molecule has 0 heterocycles. The summed E-state index contributed by atoms with van der Waals surface area (Å²) in [5.74, 6) is 2.34. The first kappa shape index (κ1) is 19.5. The first-order valence-electron chi connectivity index (χ1n) is 6.12. The third kappa shape index (κ3) is 8.64. The Balaban J connectivity index is 2.67. The maximum atomic E-state index is 10.7. The van der Waals surface area contributed by atoms with Crippen molar-refractivity contribution in [1.82, 2.24) is 0 Å². The van der Waals surface area contributed by atoms with E-state index >= 15 is 0 Å². The van der Waals surface area contributed by atoms with Gasteiger partial charge in [-0.15, -0.1) is 0 Å². The Morgan fingerprint density at radius 1 is 1.24 bits per heavy atom. The van der Waals surface area contributed by atoms with Gasteiger partial charge in [-0.05, 0) is 0 Å². The van der Waals surface area contributed by atoms with Crippen molar-refractivity contribution in [2.45, 2.75) is 0 Å². The van der Waals surface area contributed by atoms with E-state index in [0.29, 0.717) is 12.2 Å². The first-order valence-corrected chi connectivity index (χ1v) is 15.8. The number of benzene rings is 1. The fourth-order valence-electron chi connectivity index (χ4n) is 1.32. The summed E-state index contributed by atoms with van der Waals surface area (Å²) in [5, 5.41) is 2.67. The van der Waals surface area contributed by atoms with E-state index in [1.165, 1.54) is 4.35 Å². The average Bonchev–Trinajstić information content (AvgIpc) is 2.45. The Kier molecular flexibility index (Phi) is 9.59. The van der Waals surface area contributed by atoms with Crippen LogP contribution in [0.25, 0.3) is 0 Å². The summed E-state index contributed by atoms with van der Waals surface area (Å²) in [6.07, 6.45) is 0. The number of nitrogens with two attached hydrogens (primary N) is 1. The van der Waals surface area contributed by atoms with Gasteiger partial charge in [0, 0.05) is 0 Å². The molecular weight excluding hydrogens is 411 g/mol. The molecule has 0 saturated carbocycles. The fourth-order valence-corrected chi connectivity index (χ4v) is 15.0. The van der Waals surface area contributed by atoms with Gasteiger partial charge >= 0.3 is 143 Å². The molecule has 0 bridgehead atoms. The molecule has 21 heavy (non-hydrogen) atoms. The SMILES string of the molecule is NCCS[As](SCCS)c1ccc(NCS(=O)(=O)O)cc1. The van der Waals surface area contributed by atoms with Gasteiger partial charge in [0.25, 0.3) is 0 Å². The van der Waals surface area contributed by atoms with E-state index in [4.69, 9.17) is 10.3 Å². The average molecular weight is 430 g/mol. The van der Waals surface area contributed by atoms with Crippen LogP contribution in [0, 0.1) is 0 Å². The molecule has 120 valence electrons. The van der Waals surface area contributed by atoms with Gasteiger partial charge in [0.1, 0.15) is 0 Å². The standard InChI is InChI=1S/C11H19AsN2O3S4/c13-5-7-19-12(20-8-6-18)10-1-3-11(4-2-10)14-9-21(15,16)17/h1-4,14,18H,5-9,13H2,(H,15,16,17). The van der Waals surface area contributed by atoms with E-state index in [1.54, 1.807) is 0 Å². The minimum absolute atomic E-state index is 0.482. The normalized spacial score (nSPS) is 13.1. The van der Waals surface area contributed by atoms with Crippen molar-refractivity contribution in [3.63, 3.8) is 0 Å². The van der Waals surface area contributed by atoms with Crippen LogP contribution >= 0.6 is 32.7 Å². The molecule has 1 aromatic rings. The summed E-state index contributed by atoms with van der Waals surface area (Å²) in [5.41, 5.74) is 6.25. The second-order valence-electron chi connectivity index (χ2n) is 3.89. The van der Waals surface area contributed by atoms with Crippen LogP contribution in [0.15, 0.2) is 24.3 Å². The summed E-state index contributed by atoms with van der Waals surface area (Å²) in [4.78, 5) is 0. The van der Waals surface area contributed by atoms with Gasteiger partial charge in [0.2, 0.25) is 0 Å². The Hall–Kier alpha value is 0.498. The molecule has 0 aliphatic heterocycles. The van der Waals surface area contributed by atoms with Gasteiger partial charge in [0.05, 0.1) is 0 Å². The Bertz CT molecular complexity index is 505. The monoisotopic (exact) mass is 430 g/mol. The van der Waals surface area contributed by atoms with Gasteiger partial charge in [0.15, 0.2) is 0 Å². The van der Waals surface area contributed by atoms with Gasteiger partial charge in [-0.3, -0.25) is 0 Å². The summed E-state index contributed by atoms with van der Waals surface area (Å²) < 4.78 is 31.4. The molecular formula is C11H19AsN2O3S4. The third-order valence-electron chi connectivity index (χ3n) is 2.16. The Morgan fingerprint density at radius 3 is 2.38 bits per heavy atom. The zero-order chi connectivity index (χ0) is 15.7. The molecule has 0 spiro atoms. The van der Waals surface area contributed by atoms with Gasteiger partial charge in [-0.1, -0.05) is 0 Å². The summed E-state index contributed by atoms with van der Waals surface area (Å²) >= 11 is 2.98. The van der Waals surface area contributed by atoms with Crippen molar-refractivity contribution in [2.75, 3.05) is 35.0 Å². The van der Waals surface area contributed by atoms with E-state index < -0.39 is 28.3 Å². The van der Waals surface area contributed by atoms with E-state index in [1.807, 2.05) is 44.3 Å². The molecule has 0 aliphatic rings. The molecule has 1 aromatic carbocycles. The van der Waals surface area contributed by atoms with Crippen LogP contribution < -0.4 is 15.4 Å². The number of hydrogen-bond donors (Lipinski definition) is 4. The summed E-state index contributed by atoms with van der Waals surface area (Å²) in [6, 6.07) is 7.71. The topological polar surface area (TPSA) is 92.4 Å². The van der Waals surface area contributed by atoms with Crippen LogP contribution in [0.5, 0.6) is 0 Å². The van der Waals surface area contributed by atoms with Crippen LogP contribution in [0.3, 0.4) is 0 Å². The zero-order valence-corrected chi connectivity index (χ0v) is 16.5. The van der Waals surface area contributed by atoms with E-state index in [2.05, 4.69) is 17.9 Å². The molecule has 0 aromatic heterocycles. The third-order valence-corrected chi connectivity index (χ3v) is 16.7. The van der Waals surface area contributed by atoms with E-state index in [0.717, 1.165) is 17.3 Å². The molecule has 0 radical (unpaired) electrons. The molecule has 10 heteroatoms. The minimum atomic E-state index is -4.01. The molecule has 0 aliphatic carbocycles. The predicted molar refractivity (Wildman–Crippen MR) is 99.7 cm³/mol. The number of rotatable bonds is 10. The van der Waals surface area contributed by atoms with Gasteiger partial charge < -0.3 is 0 Å². The predicted octanol–water partition coefficient (Wildman–Crippen LogP) is 0.994. The molecule has 0 amide bonds. The molecule has 1 unspecified atom stereocenters. The van der Waals surface area contributed by atoms with Crippen molar-refractivity contribution in [3.8, 4) is 0 Å². The van der Waals surface area contributed by atoms with Gasteiger partial charge in [-0.25, -0.2) is 0 Å². The van der Waals surface area contributed by atoms with Crippen LogP contribution in [-0.4, -0.2) is 55.0 Å². The van der Waals surface area contributed by atoms with Crippen molar-refractivity contribution >= 4 is 65.2 Å². The van der Waals surface area contributed by atoms with E-state index in [9.17, 15) is 8.42 Å². The number of nitrogens with one attached hydrogen (secondary N) is 1. The number of anilines is 1. The number of thiol groups is 1. The van der Waals surface area contributed by atoms with Crippen LogP contribution in [0.4, 0.5) is 5.69 Å². The molecule has 4 N–H and O–H groups in total. The van der Waals surface area contributed by atoms with Crippen molar-refractivity contribution in [2.24, 2.45) is 5.73 Å². The number of hydrogen-bond acceptors (Lipinski definition) is 7. The summed E-state index contributed by atoms with van der Waals surface area (Å²) in [6.45, 7) is 0.672. The van der Waals surface area contributed by atoms with Crippen LogP contribution in [0.2, 0.25) is 0 Å². The van der Waals surface area contributed by atoms with Crippen LogP contribution in [0.1, 0.15) is 0 Å². The first-order chi connectivity index (χ1) is 9.96. The van der Waals surface area contributed by atoms with Crippen LogP contribution in [-0.2, 0) is 10.1 Å². The van der Waals surface area contributed by atoms with Crippen molar-refractivity contribution in [1.29, 1.82) is 0 Å². The Labute approximate surface area is 142 Å². The van der Waals surface area contributed by atoms with Crippen molar-refractivity contribution in [3.05, 3.63) is 24.3 Å². The zero-order valence-electron chi connectivity index (χ0n) is 11.3. The fraction of sp³-hybridized carbons (Fsp3) is 0.455. The van der Waals surface area contributed by atoms with Gasteiger partial charge in [-0.2, -0.15) is 0 Å². The molecule has 5 nitrogen and oxygen atoms in total. The van der Waals surface area contributed by atoms with E-state index in [-0.39, 0.29) is 0 Å². The van der Waals surface area contributed by atoms with Crippen molar-refractivity contribution < 1.29 is 13.0 Å². The molecule has 0 fully saturated rings. The molecule has 1 rings (SSSR count). The summed E-state index contributed by atoms with van der Waals surface area (Å²) in [7, 11) is -0.115. The Morgan fingerprint density at radius 2 is 1.86 bits per heavy atom. The molecule has 0 saturated heterocycles. The molecule has 1 atom stereocenters. The quantitative estimate of drug-likeness (QED) is 0.250. The second kappa shape index (κ2) is 10.3. The second-order valence-corrected chi connectivity index (χ2v) is 17.5. The maximum absolute atomic E-state index is 10.7.